The zero-order chi connectivity index (χ0) is 41.5. The number of rotatable bonds is 7. The molecular formula is C51H56N4O6. The minimum Gasteiger partial charge on any atom is -0.508 e. The fraction of sp³-hybridized carbons (Fsp3) is 0.471. The molecule has 0 bridgehead atoms. The van der Waals surface area contributed by atoms with Gasteiger partial charge in [-0.25, -0.2) is 0 Å². The number of aryl methyl sites for hydroxylation is 1. The molecule has 2 N–H and O–H groups in total. The SMILES string of the molecule is COc1cc(N2CCC3(CC2)CC(CN2CCC4(CC2)COc2c4ccc4c2CN([C@H]2CCC(=O)NC2=O)C4=O)C3)ccc1[C@@H]1c2ccc(O)cc2CC[C@@H]1c1ccccc1. The highest BCUT2D eigenvalue weighted by molar-refractivity contribution is 6.05. The first-order valence-electron chi connectivity index (χ1n) is 22.7. The second-order valence-corrected chi connectivity index (χ2v) is 19.3. The quantitative estimate of drug-likeness (QED) is 0.185. The number of hydrogen-bond acceptors (Lipinski definition) is 8. The van der Waals surface area contributed by atoms with E-state index in [2.05, 4.69) is 75.8 Å². The van der Waals surface area contributed by atoms with Crippen molar-refractivity contribution in [3.8, 4) is 17.2 Å². The highest BCUT2D eigenvalue weighted by Crippen LogP contribution is 2.55. The van der Waals surface area contributed by atoms with Crippen LogP contribution in [0.4, 0.5) is 5.69 Å². The molecule has 7 aliphatic rings. The average molecular weight is 821 g/mol. The number of imide groups is 1. The standard InChI is InChI=1S/C51H56N4O6/c1-60-44-26-35(8-11-40(44)46-37(33-5-3-2-4-6-33)10-7-34-25-36(56)9-12-38(34)46)54-23-17-50(18-24-54)27-32(28-50)29-53-21-19-51(20-22-53)31-61-47-41-30-55(43-15-16-45(57)52-48(43)58)49(59)39(41)13-14-42(47)51/h2-6,8-9,11-14,25-26,32,37,43,46,56H,7,10,15-24,27-31H2,1H3,(H,52,57,58)/t37-,43+,46+/m1/s1. The lowest BCUT2D eigenvalue weighted by Gasteiger charge is -2.54. The Morgan fingerprint density at radius 3 is 2.41 bits per heavy atom. The summed E-state index contributed by atoms with van der Waals surface area (Å²) in [7, 11) is 1.80. The third kappa shape index (κ3) is 6.59. The number of carbonyl (C=O) groups is 3. The average Bonchev–Trinajstić information content (AvgIpc) is 3.80. The Morgan fingerprint density at radius 2 is 1.64 bits per heavy atom. The monoisotopic (exact) mass is 820 g/mol. The van der Waals surface area contributed by atoms with Gasteiger partial charge in [-0.15, -0.1) is 0 Å². The molecule has 3 saturated heterocycles. The number of anilines is 1. The molecule has 5 heterocycles. The fourth-order valence-electron chi connectivity index (χ4n) is 12.8. The van der Waals surface area contributed by atoms with Gasteiger partial charge in [0, 0.05) is 71.4 Å². The van der Waals surface area contributed by atoms with Gasteiger partial charge in [0.1, 0.15) is 23.3 Å². The third-order valence-electron chi connectivity index (χ3n) is 16.1. The zero-order valence-corrected chi connectivity index (χ0v) is 35.2. The zero-order valence-electron chi connectivity index (χ0n) is 35.2. The Kier molecular flexibility index (Phi) is 9.44. The van der Waals surface area contributed by atoms with Crippen LogP contribution in [0.5, 0.6) is 17.2 Å². The second-order valence-electron chi connectivity index (χ2n) is 19.3. The molecule has 0 aromatic heterocycles. The number of carbonyl (C=O) groups excluding carboxylic acids is 3. The predicted molar refractivity (Wildman–Crippen MR) is 232 cm³/mol. The van der Waals surface area contributed by atoms with Gasteiger partial charge < -0.3 is 29.3 Å². The molecule has 10 heteroatoms. The van der Waals surface area contributed by atoms with E-state index in [1.54, 1.807) is 12.0 Å². The summed E-state index contributed by atoms with van der Waals surface area (Å²) < 4.78 is 12.6. The van der Waals surface area contributed by atoms with Crippen molar-refractivity contribution in [1.82, 2.24) is 15.1 Å². The van der Waals surface area contributed by atoms with E-state index in [0.717, 1.165) is 74.8 Å². The summed E-state index contributed by atoms with van der Waals surface area (Å²) in [6, 6.07) is 27.1. The number of nitrogens with zero attached hydrogens (tertiary/aromatic N) is 3. The van der Waals surface area contributed by atoms with Crippen molar-refractivity contribution in [3.63, 3.8) is 0 Å². The van der Waals surface area contributed by atoms with E-state index in [-0.39, 0.29) is 35.5 Å². The maximum absolute atomic E-state index is 13.4. The highest BCUT2D eigenvalue weighted by atomic mass is 16.5. The molecule has 2 spiro atoms. The number of likely N-dealkylation sites (tertiary alicyclic amines) is 1. The van der Waals surface area contributed by atoms with Crippen molar-refractivity contribution < 1.29 is 29.0 Å². The molecule has 0 unspecified atom stereocenters. The molecule has 11 rings (SSSR count). The number of phenols is 1. The van der Waals surface area contributed by atoms with Crippen LogP contribution in [0.15, 0.2) is 78.9 Å². The van der Waals surface area contributed by atoms with Crippen molar-refractivity contribution in [2.45, 2.75) is 94.0 Å². The summed E-state index contributed by atoms with van der Waals surface area (Å²) in [6.07, 6.45) is 9.76. The van der Waals surface area contributed by atoms with Crippen molar-refractivity contribution in [3.05, 3.63) is 118 Å². The lowest BCUT2D eigenvalue weighted by molar-refractivity contribution is -0.136. The van der Waals surface area contributed by atoms with Crippen LogP contribution in [0, 0.1) is 11.3 Å². The number of phenolic OH excluding ortho intramolecular Hbond substituents is 1. The molecule has 4 aromatic rings. The number of nitrogens with one attached hydrogen (secondary N) is 1. The smallest absolute Gasteiger partial charge is 0.255 e. The van der Waals surface area contributed by atoms with Crippen LogP contribution in [0.1, 0.15) is 113 Å². The largest absolute Gasteiger partial charge is 0.508 e. The number of aromatic hydroxyl groups is 1. The van der Waals surface area contributed by atoms with Gasteiger partial charge in [-0.3, -0.25) is 19.7 Å². The predicted octanol–water partition coefficient (Wildman–Crippen LogP) is 7.45. The van der Waals surface area contributed by atoms with Crippen LogP contribution in [0.25, 0.3) is 0 Å². The van der Waals surface area contributed by atoms with Crippen LogP contribution in [0.2, 0.25) is 0 Å². The van der Waals surface area contributed by atoms with Gasteiger partial charge in [0.2, 0.25) is 11.8 Å². The normalized spacial score (nSPS) is 25.5. The van der Waals surface area contributed by atoms with Crippen LogP contribution >= 0.6 is 0 Å². The summed E-state index contributed by atoms with van der Waals surface area (Å²) in [5.74, 6) is 2.55. The maximum Gasteiger partial charge on any atom is 0.255 e. The van der Waals surface area contributed by atoms with Crippen molar-refractivity contribution >= 4 is 23.4 Å². The first kappa shape index (κ1) is 38.6. The van der Waals surface area contributed by atoms with Crippen LogP contribution in [0.3, 0.4) is 0 Å². The van der Waals surface area contributed by atoms with Gasteiger partial charge in [-0.1, -0.05) is 48.5 Å². The molecule has 5 aliphatic heterocycles. The Morgan fingerprint density at radius 1 is 0.852 bits per heavy atom. The molecule has 4 aromatic carbocycles. The topological polar surface area (TPSA) is 112 Å². The van der Waals surface area contributed by atoms with E-state index in [0.29, 0.717) is 42.2 Å². The van der Waals surface area contributed by atoms with E-state index >= 15 is 0 Å². The van der Waals surface area contributed by atoms with Crippen LogP contribution in [-0.4, -0.2) is 85.1 Å². The lowest BCUT2D eigenvalue weighted by Crippen LogP contribution is -2.52. The van der Waals surface area contributed by atoms with E-state index < -0.39 is 6.04 Å². The summed E-state index contributed by atoms with van der Waals surface area (Å²) in [5, 5.41) is 12.7. The van der Waals surface area contributed by atoms with E-state index in [4.69, 9.17) is 9.47 Å². The van der Waals surface area contributed by atoms with Gasteiger partial charge in [0.05, 0.1) is 20.3 Å². The molecule has 4 fully saturated rings. The van der Waals surface area contributed by atoms with Gasteiger partial charge in [0.25, 0.3) is 5.91 Å². The Labute approximate surface area is 358 Å². The second kappa shape index (κ2) is 14.9. The van der Waals surface area contributed by atoms with Crippen molar-refractivity contribution in [2.75, 3.05) is 51.3 Å². The number of methoxy groups -OCH3 is 1. The van der Waals surface area contributed by atoms with Crippen molar-refractivity contribution in [2.24, 2.45) is 11.3 Å². The van der Waals surface area contributed by atoms with Gasteiger partial charge in [-0.05, 0) is 129 Å². The molecule has 61 heavy (non-hydrogen) atoms. The number of amides is 3. The molecular weight excluding hydrogens is 765 g/mol. The summed E-state index contributed by atoms with van der Waals surface area (Å²) >= 11 is 0. The molecule has 0 radical (unpaired) electrons. The third-order valence-corrected chi connectivity index (χ3v) is 16.1. The summed E-state index contributed by atoms with van der Waals surface area (Å²) in [4.78, 5) is 44.7. The molecule has 1 saturated carbocycles. The van der Waals surface area contributed by atoms with Gasteiger partial charge >= 0.3 is 0 Å². The van der Waals surface area contributed by atoms with E-state index in [9.17, 15) is 19.5 Å². The van der Waals surface area contributed by atoms with Crippen LogP contribution in [-0.2, 0) is 28.0 Å². The maximum atomic E-state index is 13.4. The Hall–Kier alpha value is -5.35. The number of fused-ring (bicyclic) bond motifs is 5. The number of hydrogen-bond donors (Lipinski definition) is 2. The molecule has 3 atom stereocenters. The molecule has 316 valence electrons. The first-order valence-corrected chi connectivity index (χ1v) is 22.7. The number of piperidine rings is 3. The van der Waals surface area contributed by atoms with Crippen molar-refractivity contribution in [1.29, 1.82) is 0 Å². The lowest BCUT2D eigenvalue weighted by atomic mass is 9.57. The number of benzene rings is 4. The Bertz CT molecular complexity index is 2390. The molecule has 3 amide bonds. The molecule has 10 nitrogen and oxygen atoms in total. The number of ether oxygens (including phenoxy) is 2. The highest BCUT2D eigenvalue weighted by Gasteiger charge is 2.50. The first-order chi connectivity index (χ1) is 29.7. The minimum atomic E-state index is -0.620. The van der Waals surface area contributed by atoms with Gasteiger partial charge in [-0.2, -0.15) is 0 Å². The van der Waals surface area contributed by atoms with E-state index in [1.807, 2.05) is 18.2 Å². The van der Waals surface area contributed by atoms with Gasteiger partial charge in [0.15, 0.2) is 0 Å². The van der Waals surface area contributed by atoms with Crippen LogP contribution < -0.4 is 19.7 Å². The summed E-state index contributed by atoms with van der Waals surface area (Å²) in [5.41, 5.74) is 9.50. The fourth-order valence-corrected chi connectivity index (χ4v) is 12.8. The Balaban J connectivity index is 0.702. The molecule has 2 aliphatic carbocycles. The summed E-state index contributed by atoms with van der Waals surface area (Å²) in [6.45, 7) is 6.41. The van der Waals surface area contributed by atoms with E-state index in [1.165, 1.54) is 65.7 Å². The minimum absolute atomic E-state index is 0.0327.